The van der Waals surface area contributed by atoms with Crippen molar-refractivity contribution in [1.82, 2.24) is 4.31 Å². The summed E-state index contributed by atoms with van der Waals surface area (Å²) >= 11 is 0. The highest BCUT2D eigenvalue weighted by Crippen LogP contribution is 2.45. The summed E-state index contributed by atoms with van der Waals surface area (Å²) in [6.07, 6.45) is 2.71. The van der Waals surface area contributed by atoms with E-state index in [-0.39, 0.29) is 10.9 Å². The third-order valence-electron chi connectivity index (χ3n) is 7.07. The number of benzene rings is 3. The molecular formula is C28H30N2O5S. The molecule has 36 heavy (non-hydrogen) atoms. The van der Waals surface area contributed by atoms with Crippen LogP contribution in [0.3, 0.4) is 0 Å². The summed E-state index contributed by atoms with van der Waals surface area (Å²) < 4.78 is 40.4. The van der Waals surface area contributed by atoms with Crippen LogP contribution in [-0.2, 0) is 21.4 Å². The van der Waals surface area contributed by atoms with Crippen LogP contribution in [0, 0.1) is 0 Å². The zero-order chi connectivity index (χ0) is 25.4. The predicted octanol–water partition coefficient (Wildman–Crippen LogP) is 5.36. The molecule has 0 saturated carbocycles. The van der Waals surface area contributed by atoms with E-state index in [1.54, 1.807) is 31.3 Å². The second-order valence-electron chi connectivity index (χ2n) is 9.23. The standard InChI is InChI=1S/C28H30N2O5S/c1-4-5-9-22-17-30(21-10-7-6-8-11-21)25-15-20-18-35-26-13-12-19(28(31)34-3)14-24(26)23(20)16-27(25)36(32,33)29(22)2/h6-8,10-16,22H,4-5,9,17-18H2,1-3H3. The third kappa shape index (κ3) is 4.14. The quantitative estimate of drug-likeness (QED) is 0.434. The first-order valence-electron chi connectivity index (χ1n) is 12.2. The van der Waals surface area contributed by atoms with Gasteiger partial charge in [-0.2, -0.15) is 4.31 Å². The molecule has 1 unspecified atom stereocenters. The number of hydrogen-bond donors (Lipinski definition) is 0. The molecule has 0 fully saturated rings. The summed E-state index contributed by atoms with van der Waals surface area (Å²) in [6.45, 7) is 2.98. The summed E-state index contributed by atoms with van der Waals surface area (Å²) in [5, 5.41) is 0. The van der Waals surface area contributed by atoms with Gasteiger partial charge in [-0.3, -0.25) is 0 Å². The van der Waals surface area contributed by atoms with E-state index < -0.39 is 16.0 Å². The number of methoxy groups -OCH3 is 1. The molecule has 0 aliphatic carbocycles. The lowest BCUT2D eigenvalue weighted by Crippen LogP contribution is -2.40. The van der Waals surface area contributed by atoms with E-state index in [0.717, 1.165) is 36.1 Å². The number of unbranched alkanes of at least 4 members (excludes halogenated alkanes) is 1. The summed E-state index contributed by atoms with van der Waals surface area (Å²) in [5.41, 5.74) is 4.26. The van der Waals surface area contributed by atoms with Crippen molar-refractivity contribution in [1.29, 1.82) is 0 Å². The average molecular weight is 507 g/mol. The van der Waals surface area contributed by atoms with Crippen LogP contribution in [0.4, 0.5) is 11.4 Å². The van der Waals surface area contributed by atoms with Crippen LogP contribution in [0.5, 0.6) is 5.75 Å². The predicted molar refractivity (Wildman–Crippen MR) is 139 cm³/mol. The van der Waals surface area contributed by atoms with E-state index in [1.807, 2.05) is 36.4 Å². The molecule has 3 aromatic rings. The van der Waals surface area contributed by atoms with Gasteiger partial charge in [0, 0.05) is 30.9 Å². The summed E-state index contributed by atoms with van der Waals surface area (Å²) in [4.78, 5) is 14.5. The number of para-hydroxylation sites is 1. The van der Waals surface area contributed by atoms with Gasteiger partial charge in [0.05, 0.1) is 18.4 Å². The minimum atomic E-state index is -3.79. The number of ether oxygens (including phenoxy) is 2. The monoisotopic (exact) mass is 506 g/mol. The fourth-order valence-corrected chi connectivity index (χ4v) is 6.58. The molecular weight excluding hydrogens is 476 g/mol. The van der Waals surface area contributed by atoms with E-state index in [0.29, 0.717) is 35.7 Å². The van der Waals surface area contributed by atoms with Gasteiger partial charge in [-0.15, -0.1) is 0 Å². The van der Waals surface area contributed by atoms with E-state index in [1.165, 1.54) is 11.4 Å². The van der Waals surface area contributed by atoms with Gasteiger partial charge >= 0.3 is 5.97 Å². The Morgan fingerprint density at radius 3 is 2.58 bits per heavy atom. The molecule has 0 bridgehead atoms. The fourth-order valence-electron chi connectivity index (χ4n) is 5.01. The van der Waals surface area contributed by atoms with E-state index in [2.05, 4.69) is 11.8 Å². The fraction of sp³-hybridized carbons (Fsp3) is 0.321. The average Bonchev–Trinajstić information content (AvgIpc) is 2.98. The van der Waals surface area contributed by atoms with Crippen molar-refractivity contribution >= 4 is 27.4 Å². The Balaban J connectivity index is 1.72. The minimum absolute atomic E-state index is 0.172. The number of carbonyl (C=O) groups is 1. The molecule has 5 rings (SSSR count). The highest BCUT2D eigenvalue weighted by Gasteiger charge is 2.38. The van der Waals surface area contributed by atoms with Gasteiger partial charge < -0.3 is 14.4 Å². The maximum Gasteiger partial charge on any atom is 0.337 e. The Morgan fingerprint density at radius 1 is 1.08 bits per heavy atom. The van der Waals surface area contributed by atoms with Crippen molar-refractivity contribution in [3.63, 3.8) is 0 Å². The van der Waals surface area contributed by atoms with Crippen LogP contribution in [-0.4, -0.2) is 45.4 Å². The van der Waals surface area contributed by atoms with Crippen LogP contribution in [0.1, 0.15) is 42.1 Å². The molecule has 2 heterocycles. The topological polar surface area (TPSA) is 76.2 Å². The second-order valence-corrected chi connectivity index (χ2v) is 11.2. The highest BCUT2D eigenvalue weighted by atomic mass is 32.2. The Hall–Kier alpha value is -3.36. The molecule has 7 nitrogen and oxygen atoms in total. The van der Waals surface area contributed by atoms with E-state index in [4.69, 9.17) is 9.47 Å². The second kappa shape index (κ2) is 9.59. The number of anilines is 2. The molecule has 0 spiro atoms. The molecule has 0 saturated heterocycles. The zero-order valence-corrected chi connectivity index (χ0v) is 21.5. The van der Waals surface area contributed by atoms with Gasteiger partial charge in [-0.05, 0) is 60.0 Å². The lowest BCUT2D eigenvalue weighted by atomic mass is 9.94. The van der Waals surface area contributed by atoms with Crippen molar-refractivity contribution < 1.29 is 22.7 Å². The van der Waals surface area contributed by atoms with Crippen molar-refractivity contribution in [2.75, 3.05) is 25.6 Å². The largest absolute Gasteiger partial charge is 0.488 e. The number of likely N-dealkylation sites (N-methyl/N-ethyl adjacent to an activating group) is 1. The molecule has 2 aliphatic rings. The number of fused-ring (bicyclic) bond motifs is 4. The Morgan fingerprint density at radius 2 is 1.86 bits per heavy atom. The lowest BCUT2D eigenvalue weighted by molar-refractivity contribution is 0.0600. The molecule has 2 aliphatic heterocycles. The van der Waals surface area contributed by atoms with Crippen molar-refractivity contribution in [2.45, 2.75) is 43.7 Å². The summed E-state index contributed by atoms with van der Waals surface area (Å²) in [6, 6.07) is 18.5. The Labute approximate surface area is 212 Å². The Bertz CT molecular complexity index is 1400. The molecule has 3 aromatic carbocycles. The van der Waals surface area contributed by atoms with Gasteiger partial charge in [0.1, 0.15) is 17.3 Å². The molecule has 8 heteroatoms. The number of sulfonamides is 1. The molecule has 0 radical (unpaired) electrons. The SMILES string of the molecule is CCCCC1CN(c2ccccc2)c2cc3c(cc2S(=O)(=O)N1C)-c1cc(C(=O)OC)ccc1OC3. The molecule has 0 N–H and O–H groups in total. The van der Waals surface area contributed by atoms with Gasteiger partial charge in [0.15, 0.2) is 0 Å². The maximum atomic E-state index is 14.0. The number of hydrogen-bond acceptors (Lipinski definition) is 6. The van der Waals surface area contributed by atoms with Crippen LogP contribution in [0.2, 0.25) is 0 Å². The highest BCUT2D eigenvalue weighted by molar-refractivity contribution is 7.89. The summed E-state index contributed by atoms with van der Waals surface area (Å²) in [7, 11) is -0.770. The van der Waals surface area contributed by atoms with Crippen molar-refractivity contribution in [3.8, 4) is 16.9 Å². The Kier molecular flexibility index (Phi) is 6.49. The van der Waals surface area contributed by atoms with Gasteiger partial charge in [0.25, 0.3) is 0 Å². The smallest absolute Gasteiger partial charge is 0.337 e. The van der Waals surface area contributed by atoms with Crippen LogP contribution in [0.25, 0.3) is 11.1 Å². The molecule has 188 valence electrons. The van der Waals surface area contributed by atoms with Crippen molar-refractivity contribution in [2.24, 2.45) is 0 Å². The summed E-state index contributed by atoms with van der Waals surface area (Å²) in [5.74, 6) is 0.149. The molecule has 0 amide bonds. The molecule has 0 aromatic heterocycles. The van der Waals surface area contributed by atoms with Crippen LogP contribution < -0.4 is 9.64 Å². The number of nitrogens with zero attached hydrogens (tertiary/aromatic N) is 2. The van der Waals surface area contributed by atoms with Crippen LogP contribution >= 0.6 is 0 Å². The minimum Gasteiger partial charge on any atom is -0.488 e. The maximum absolute atomic E-state index is 14.0. The molecule has 1 atom stereocenters. The first-order chi connectivity index (χ1) is 17.3. The van der Waals surface area contributed by atoms with Crippen molar-refractivity contribution in [3.05, 3.63) is 71.8 Å². The van der Waals surface area contributed by atoms with Gasteiger partial charge in [0.2, 0.25) is 10.0 Å². The number of esters is 1. The van der Waals surface area contributed by atoms with Gasteiger partial charge in [-0.25, -0.2) is 13.2 Å². The first-order valence-corrected chi connectivity index (χ1v) is 13.6. The lowest BCUT2D eigenvalue weighted by Gasteiger charge is -2.30. The first kappa shape index (κ1) is 24.3. The van der Waals surface area contributed by atoms with E-state index >= 15 is 0 Å². The van der Waals surface area contributed by atoms with Gasteiger partial charge in [-0.1, -0.05) is 38.0 Å². The van der Waals surface area contributed by atoms with Crippen LogP contribution in [0.15, 0.2) is 65.6 Å². The number of rotatable bonds is 5. The van der Waals surface area contributed by atoms with E-state index in [9.17, 15) is 13.2 Å². The third-order valence-corrected chi connectivity index (χ3v) is 9.01. The zero-order valence-electron chi connectivity index (χ0n) is 20.7. The number of carbonyl (C=O) groups excluding carboxylic acids is 1. The normalized spacial score (nSPS) is 18.3.